The van der Waals surface area contributed by atoms with E-state index in [0.717, 1.165) is 6.42 Å². The van der Waals surface area contributed by atoms with E-state index >= 15 is 0 Å². The first-order valence-electron chi connectivity index (χ1n) is 11.2. The lowest BCUT2D eigenvalue weighted by molar-refractivity contribution is 0.163. The molecule has 0 saturated heterocycles. The van der Waals surface area contributed by atoms with Crippen LogP contribution in [0.25, 0.3) is 32.3 Å². The summed E-state index contributed by atoms with van der Waals surface area (Å²) in [6.07, 6.45) is 2.26. The Morgan fingerprint density at radius 3 is 2.27 bits per heavy atom. The van der Waals surface area contributed by atoms with Gasteiger partial charge in [0.15, 0.2) is 0 Å². The molecule has 5 heteroatoms. The molecule has 1 aliphatic carbocycles. The highest BCUT2D eigenvalue weighted by atomic mass is 32.2. The van der Waals surface area contributed by atoms with Gasteiger partial charge < -0.3 is 4.74 Å². The molecule has 0 saturated carbocycles. The van der Waals surface area contributed by atoms with Gasteiger partial charge in [-0.25, -0.2) is 8.42 Å². The van der Waals surface area contributed by atoms with Crippen LogP contribution in [0, 0.1) is 13.8 Å². The third-order valence-corrected chi connectivity index (χ3v) is 8.00. The molecular weight excluding hydrogens is 448 g/mol. The van der Waals surface area contributed by atoms with Crippen LogP contribution in [0.5, 0.6) is 0 Å². The van der Waals surface area contributed by atoms with Gasteiger partial charge in [0.2, 0.25) is 0 Å². The molecule has 0 unspecified atom stereocenters. The molecule has 3 aromatic carbocycles. The second kappa shape index (κ2) is 9.80. The van der Waals surface area contributed by atoms with Crippen LogP contribution in [-0.4, -0.2) is 33.6 Å². The van der Waals surface area contributed by atoms with Crippen molar-refractivity contribution in [3.8, 4) is 21.6 Å². The van der Waals surface area contributed by atoms with E-state index in [2.05, 4.69) is 74.5 Å². The minimum Gasteiger partial charge on any atom is -0.381 e. The van der Waals surface area contributed by atoms with Crippen molar-refractivity contribution >= 4 is 31.9 Å². The summed E-state index contributed by atoms with van der Waals surface area (Å²) < 4.78 is 25.7. The maximum Gasteiger partial charge on any atom is 0.149 e. The van der Waals surface area contributed by atoms with Crippen molar-refractivity contribution in [3.63, 3.8) is 0 Å². The second-order valence-corrected chi connectivity index (χ2v) is 12.1. The van der Waals surface area contributed by atoms with E-state index in [1.165, 1.54) is 60.2 Å². The van der Waals surface area contributed by atoms with Crippen LogP contribution in [0.15, 0.2) is 60.7 Å². The van der Waals surface area contributed by atoms with E-state index in [-0.39, 0.29) is 5.75 Å². The lowest BCUT2D eigenvalue weighted by atomic mass is 10.0. The summed E-state index contributed by atoms with van der Waals surface area (Å²) in [5.74, 6) is 0.126. The number of aryl methyl sites for hydroxylation is 2. The molecule has 1 aliphatic rings. The van der Waals surface area contributed by atoms with Crippen molar-refractivity contribution in [2.24, 2.45) is 0 Å². The SMILES string of the molecule is CCOCCS(C)(=O)=O.Cc1ccc2c(c1)Cc1cc(-c3sc(C)c4ccccc34)ccc1-2. The monoisotopic (exact) mass is 478 g/mol. The van der Waals surface area contributed by atoms with Crippen LogP contribution in [0.2, 0.25) is 0 Å². The molecule has 0 atom stereocenters. The molecule has 1 aromatic heterocycles. The molecule has 0 fully saturated rings. The van der Waals surface area contributed by atoms with E-state index in [0.29, 0.717) is 13.2 Å². The van der Waals surface area contributed by atoms with E-state index in [9.17, 15) is 8.42 Å². The van der Waals surface area contributed by atoms with Crippen LogP contribution in [0.1, 0.15) is 28.5 Å². The third-order valence-electron chi connectivity index (χ3n) is 5.91. The number of hydrogen-bond donors (Lipinski definition) is 0. The standard InChI is InChI=1S/C23H18S.C5H12O3S/c1-14-7-9-20-17(11-14)13-18-12-16(8-10-21(18)20)23-22-6-4-3-5-19(22)15(2)24-23;1-3-8-4-5-9(2,6)7/h3-12H,13H2,1-2H3;3-5H2,1-2H3. The first-order valence-corrected chi connectivity index (χ1v) is 14.1. The first-order chi connectivity index (χ1) is 15.8. The molecule has 1 heterocycles. The van der Waals surface area contributed by atoms with Crippen LogP contribution < -0.4 is 0 Å². The van der Waals surface area contributed by atoms with Crippen molar-refractivity contribution < 1.29 is 13.2 Å². The lowest BCUT2D eigenvalue weighted by Crippen LogP contribution is -2.09. The second-order valence-electron chi connectivity index (χ2n) is 8.57. The fraction of sp³-hybridized carbons (Fsp3) is 0.286. The summed E-state index contributed by atoms with van der Waals surface area (Å²) in [5.41, 5.74) is 8.45. The van der Waals surface area contributed by atoms with Crippen molar-refractivity contribution in [3.05, 3.63) is 82.2 Å². The molecular formula is C28H30O3S2. The molecule has 33 heavy (non-hydrogen) atoms. The molecule has 0 amide bonds. The summed E-state index contributed by atoms with van der Waals surface area (Å²) in [7, 11) is -2.82. The summed E-state index contributed by atoms with van der Waals surface area (Å²) in [4.78, 5) is 2.80. The van der Waals surface area contributed by atoms with Gasteiger partial charge in [0, 0.05) is 28.0 Å². The molecule has 0 aliphatic heterocycles. The summed E-state index contributed by atoms with van der Waals surface area (Å²) in [6, 6.07) is 22.6. The zero-order valence-corrected chi connectivity index (χ0v) is 21.3. The van der Waals surface area contributed by atoms with Gasteiger partial charge in [0.05, 0.1) is 12.4 Å². The van der Waals surface area contributed by atoms with Crippen molar-refractivity contribution in [2.75, 3.05) is 25.2 Å². The van der Waals surface area contributed by atoms with Gasteiger partial charge in [0.1, 0.15) is 9.84 Å². The van der Waals surface area contributed by atoms with Crippen LogP contribution >= 0.6 is 11.3 Å². The van der Waals surface area contributed by atoms with Crippen LogP contribution in [0.4, 0.5) is 0 Å². The molecule has 4 aromatic rings. The molecule has 5 rings (SSSR count). The lowest BCUT2D eigenvalue weighted by Gasteiger charge is -2.05. The Labute approximate surface area is 201 Å². The van der Waals surface area contributed by atoms with Crippen LogP contribution in [0.3, 0.4) is 0 Å². The summed E-state index contributed by atoms with van der Waals surface area (Å²) >= 11 is 1.91. The molecule has 0 N–H and O–H groups in total. The highest BCUT2D eigenvalue weighted by Gasteiger charge is 2.20. The Morgan fingerprint density at radius 2 is 1.58 bits per heavy atom. The van der Waals surface area contributed by atoms with Gasteiger partial charge in [-0.2, -0.15) is 0 Å². The maximum absolute atomic E-state index is 10.4. The topological polar surface area (TPSA) is 43.4 Å². The van der Waals surface area contributed by atoms with E-state index in [4.69, 9.17) is 4.74 Å². The predicted molar refractivity (Wildman–Crippen MR) is 141 cm³/mol. The zero-order valence-electron chi connectivity index (χ0n) is 19.6. The van der Waals surface area contributed by atoms with Crippen molar-refractivity contribution in [2.45, 2.75) is 27.2 Å². The Bertz CT molecular complexity index is 1400. The normalized spacial score (nSPS) is 12.2. The fourth-order valence-corrected chi connectivity index (χ4v) is 5.85. The average Bonchev–Trinajstić information content (AvgIpc) is 3.30. The molecule has 172 valence electrons. The molecule has 0 radical (unpaired) electrons. The number of thiophene rings is 1. The van der Waals surface area contributed by atoms with Gasteiger partial charge in [-0.05, 0) is 66.5 Å². The predicted octanol–water partition coefficient (Wildman–Crippen LogP) is 6.82. The zero-order chi connectivity index (χ0) is 23.6. The summed E-state index contributed by atoms with van der Waals surface area (Å²) in [6.45, 7) is 7.13. The largest absolute Gasteiger partial charge is 0.381 e. The number of benzene rings is 3. The minimum atomic E-state index is -2.82. The molecule has 3 nitrogen and oxygen atoms in total. The number of rotatable bonds is 5. The first kappa shape index (κ1) is 23.7. The van der Waals surface area contributed by atoms with Crippen molar-refractivity contribution in [1.29, 1.82) is 0 Å². The smallest absolute Gasteiger partial charge is 0.149 e. The van der Waals surface area contributed by atoms with Crippen LogP contribution in [-0.2, 0) is 21.0 Å². The average molecular weight is 479 g/mol. The van der Waals surface area contributed by atoms with Gasteiger partial charge in [0.25, 0.3) is 0 Å². The van der Waals surface area contributed by atoms with Crippen molar-refractivity contribution in [1.82, 2.24) is 0 Å². The highest BCUT2D eigenvalue weighted by molar-refractivity contribution is 7.90. The van der Waals surface area contributed by atoms with E-state index in [1.807, 2.05) is 18.3 Å². The fourth-order valence-electron chi connectivity index (χ4n) is 4.30. The van der Waals surface area contributed by atoms with Gasteiger partial charge in [-0.1, -0.05) is 60.2 Å². The van der Waals surface area contributed by atoms with Gasteiger partial charge in [-0.15, -0.1) is 11.3 Å². The minimum absolute atomic E-state index is 0.126. The van der Waals surface area contributed by atoms with E-state index in [1.54, 1.807) is 0 Å². The number of ether oxygens (including phenoxy) is 1. The quantitative estimate of drug-likeness (QED) is 0.260. The number of fused-ring (bicyclic) bond motifs is 4. The van der Waals surface area contributed by atoms with Gasteiger partial charge in [-0.3, -0.25) is 0 Å². The number of sulfone groups is 1. The Hall–Kier alpha value is -2.47. The number of hydrogen-bond acceptors (Lipinski definition) is 4. The third kappa shape index (κ3) is 5.37. The van der Waals surface area contributed by atoms with E-state index < -0.39 is 9.84 Å². The Kier molecular flexibility index (Phi) is 7.03. The van der Waals surface area contributed by atoms with Gasteiger partial charge >= 0.3 is 0 Å². The Balaban J connectivity index is 0.000000248. The molecule has 0 bridgehead atoms. The molecule has 0 spiro atoms. The highest BCUT2D eigenvalue weighted by Crippen LogP contribution is 2.42. The maximum atomic E-state index is 10.4. The summed E-state index contributed by atoms with van der Waals surface area (Å²) in [5, 5.41) is 2.77. The Morgan fingerprint density at radius 1 is 0.909 bits per heavy atom.